The van der Waals surface area contributed by atoms with E-state index in [0.29, 0.717) is 0 Å². The molecule has 0 unspecified atom stereocenters. The van der Waals surface area contributed by atoms with Crippen molar-refractivity contribution >= 4 is 23.9 Å². The van der Waals surface area contributed by atoms with Crippen LogP contribution in [0.5, 0.6) is 0 Å². The molecule has 0 bridgehead atoms. The van der Waals surface area contributed by atoms with Gasteiger partial charge in [0.25, 0.3) is 0 Å². The molecule has 5 heavy (non-hydrogen) atoms. The van der Waals surface area contributed by atoms with Crippen LogP contribution in [0.1, 0.15) is 0 Å². The third-order valence-electron chi connectivity index (χ3n) is 0.0500. The van der Waals surface area contributed by atoms with E-state index in [2.05, 4.69) is 0 Å². The van der Waals surface area contributed by atoms with E-state index >= 15 is 0 Å². The molecular formula is C2H4N2Sn. The Labute approximate surface area is 47.0 Å². The summed E-state index contributed by atoms with van der Waals surface area (Å²) in [7, 11) is 0. The van der Waals surface area contributed by atoms with Crippen molar-refractivity contribution in [1.29, 1.82) is 10.5 Å². The predicted octanol–water partition coefficient (Wildman–Crippen LogP) is -1.42. The zero-order valence-corrected chi connectivity index (χ0v) is 1.89. The van der Waals surface area contributed by atoms with E-state index in [-0.39, 0.29) is 23.9 Å². The molecule has 0 radical (unpaired) electrons. The number of hydrogen-bond donors (Lipinski definition) is 0. The number of nitriles is 2. The Morgan fingerprint density at radius 1 is 1.00 bits per heavy atom. The van der Waals surface area contributed by atoms with Gasteiger partial charge in [-0.2, -0.15) is 10.5 Å². The Kier molecular flexibility index (Phi) is 16.3. The monoisotopic (exact) mass is 176 g/mol. The molecule has 0 aromatic carbocycles. The molecule has 0 atom stereocenters. The first-order valence-corrected chi connectivity index (χ1v) is 0.697. The van der Waals surface area contributed by atoms with Gasteiger partial charge in [-0.15, -0.1) is 0 Å². The van der Waals surface area contributed by atoms with E-state index in [1.807, 2.05) is 0 Å². The second kappa shape index (κ2) is 9.22. The van der Waals surface area contributed by atoms with Crippen LogP contribution in [-0.4, -0.2) is 23.9 Å². The van der Waals surface area contributed by atoms with Crippen LogP contribution < -0.4 is 0 Å². The summed E-state index contributed by atoms with van der Waals surface area (Å²) >= 11 is 0. The molecule has 0 aliphatic rings. The van der Waals surface area contributed by atoms with Crippen molar-refractivity contribution in [3.63, 3.8) is 0 Å². The molecule has 0 aliphatic heterocycles. The van der Waals surface area contributed by atoms with Crippen molar-refractivity contribution in [1.82, 2.24) is 0 Å². The van der Waals surface area contributed by atoms with E-state index in [9.17, 15) is 0 Å². The molecule has 26 valence electrons. The van der Waals surface area contributed by atoms with Crippen LogP contribution in [0.3, 0.4) is 0 Å². The maximum absolute atomic E-state index is 7.26. The van der Waals surface area contributed by atoms with Crippen molar-refractivity contribution in [3.05, 3.63) is 0 Å². The van der Waals surface area contributed by atoms with Gasteiger partial charge in [-0.3, -0.25) is 0 Å². The Balaban J connectivity index is 0. The van der Waals surface area contributed by atoms with Crippen LogP contribution in [0, 0.1) is 22.7 Å². The molecule has 0 saturated carbocycles. The number of hydrogen-bond acceptors (Lipinski definition) is 2. The topological polar surface area (TPSA) is 47.6 Å². The van der Waals surface area contributed by atoms with Gasteiger partial charge in [-0.05, 0) is 0 Å². The summed E-state index contributed by atoms with van der Waals surface area (Å²) in [6, 6.07) is 2.47. The predicted molar refractivity (Wildman–Crippen MR) is 22.6 cm³/mol. The molecule has 0 aromatic rings. The Bertz CT molecular complexity index is 62.6. The van der Waals surface area contributed by atoms with Gasteiger partial charge in [0.1, 0.15) is 0 Å². The molecule has 0 fully saturated rings. The molecule has 0 heterocycles. The van der Waals surface area contributed by atoms with Crippen LogP contribution in [0.25, 0.3) is 0 Å². The average Bonchev–Trinajstić information content (AvgIpc) is 1.37. The summed E-state index contributed by atoms with van der Waals surface area (Å²) in [6.45, 7) is 0. The molecule has 0 aliphatic carbocycles. The Morgan fingerprint density at radius 3 is 1.20 bits per heavy atom. The van der Waals surface area contributed by atoms with Crippen LogP contribution in [0.2, 0.25) is 0 Å². The van der Waals surface area contributed by atoms with Crippen LogP contribution >= 0.6 is 0 Å². The molecule has 0 saturated heterocycles. The van der Waals surface area contributed by atoms with Gasteiger partial charge < -0.3 is 0 Å². The Hall–Kier alpha value is -0.221. The minimum atomic E-state index is 0. The first kappa shape index (κ1) is 8.84. The second-order valence-corrected chi connectivity index (χ2v) is 0.224. The average molecular weight is 175 g/mol. The summed E-state index contributed by atoms with van der Waals surface area (Å²) < 4.78 is 0. The van der Waals surface area contributed by atoms with E-state index < -0.39 is 0 Å². The van der Waals surface area contributed by atoms with E-state index in [1.165, 1.54) is 12.1 Å². The van der Waals surface area contributed by atoms with Gasteiger partial charge in [0.15, 0.2) is 12.1 Å². The summed E-state index contributed by atoms with van der Waals surface area (Å²) in [6.07, 6.45) is 0. The molecular weight excluding hydrogens is 171 g/mol. The van der Waals surface area contributed by atoms with Gasteiger partial charge in [0.2, 0.25) is 0 Å². The summed E-state index contributed by atoms with van der Waals surface area (Å²) in [4.78, 5) is 0. The third-order valence-corrected chi connectivity index (χ3v) is 0.0500. The fraction of sp³-hybridized carbons (Fsp3) is 0. The van der Waals surface area contributed by atoms with E-state index in [0.717, 1.165) is 0 Å². The second-order valence-electron chi connectivity index (χ2n) is 0.224. The van der Waals surface area contributed by atoms with Gasteiger partial charge in [0, 0.05) is 0 Å². The van der Waals surface area contributed by atoms with Crippen LogP contribution in [-0.2, 0) is 0 Å². The van der Waals surface area contributed by atoms with Gasteiger partial charge in [-0.1, -0.05) is 0 Å². The number of nitrogens with zero attached hydrogens (tertiary/aromatic N) is 2. The zero-order chi connectivity index (χ0) is 3.41. The van der Waals surface area contributed by atoms with E-state index in [4.69, 9.17) is 10.5 Å². The maximum atomic E-state index is 7.26. The quantitative estimate of drug-likeness (QED) is 0.424. The normalized spacial score (nSPS) is 2.00. The van der Waals surface area contributed by atoms with E-state index in [1.54, 1.807) is 0 Å². The molecule has 0 aromatic heterocycles. The molecule has 0 spiro atoms. The van der Waals surface area contributed by atoms with Crippen LogP contribution in [0.15, 0.2) is 0 Å². The summed E-state index contributed by atoms with van der Waals surface area (Å²) in [5, 5.41) is 14.5. The first-order chi connectivity index (χ1) is 1.91. The molecule has 0 N–H and O–H groups in total. The zero-order valence-electron chi connectivity index (χ0n) is 1.89. The van der Waals surface area contributed by atoms with Crippen molar-refractivity contribution in [3.8, 4) is 12.1 Å². The van der Waals surface area contributed by atoms with Gasteiger partial charge >= 0.3 is 23.9 Å². The summed E-state index contributed by atoms with van der Waals surface area (Å²) in [5.74, 6) is 0. The van der Waals surface area contributed by atoms with Gasteiger partial charge in [0.05, 0.1) is 0 Å². The summed E-state index contributed by atoms with van der Waals surface area (Å²) in [5.41, 5.74) is 0. The van der Waals surface area contributed by atoms with Crippen molar-refractivity contribution in [2.24, 2.45) is 0 Å². The number of rotatable bonds is 0. The molecule has 2 nitrogen and oxygen atoms in total. The first-order valence-electron chi connectivity index (χ1n) is 0.697. The Morgan fingerprint density at radius 2 is 1.20 bits per heavy atom. The van der Waals surface area contributed by atoms with Crippen LogP contribution in [0.4, 0.5) is 0 Å². The fourth-order valence-corrected chi connectivity index (χ4v) is 0. The molecule has 3 heteroatoms. The SMILES string of the molecule is N#CC#N.[SnH4]. The standard InChI is InChI=1S/C2N2.Sn.4H/c3-1-2-4;;;;;. The minimum absolute atomic E-state index is 0. The van der Waals surface area contributed by atoms with Crippen molar-refractivity contribution < 1.29 is 0 Å². The third kappa shape index (κ3) is 19.7. The van der Waals surface area contributed by atoms with Crippen molar-refractivity contribution in [2.75, 3.05) is 0 Å². The fourth-order valence-electron chi connectivity index (χ4n) is 0. The molecule has 0 rings (SSSR count). The van der Waals surface area contributed by atoms with Gasteiger partial charge in [-0.25, -0.2) is 0 Å². The van der Waals surface area contributed by atoms with Crippen molar-refractivity contribution in [2.45, 2.75) is 0 Å². The molecule has 0 amide bonds.